The topological polar surface area (TPSA) is 115 Å². The Balaban J connectivity index is 2.24. The number of H-pyrrole nitrogens is 1. The number of nitrogens with one attached hydrogen (secondary N) is 1. The molecule has 2 aromatic heterocycles. The highest BCUT2D eigenvalue weighted by molar-refractivity contribution is 7.18. The summed E-state index contributed by atoms with van der Waals surface area (Å²) in [5, 5.41) is 11.6. The van der Waals surface area contributed by atoms with Crippen LogP contribution in [-0.2, 0) is 4.74 Å². The van der Waals surface area contributed by atoms with Crippen molar-refractivity contribution in [3.05, 3.63) is 55.2 Å². The Morgan fingerprint density at radius 2 is 2.08 bits per heavy atom. The maximum atomic E-state index is 12.2. The molecule has 24 heavy (non-hydrogen) atoms. The fourth-order valence-corrected chi connectivity index (χ4v) is 3.16. The molecule has 0 radical (unpaired) electrons. The van der Waals surface area contributed by atoms with Crippen LogP contribution in [0.25, 0.3) is 21.6 Å². The maximum absolute atomic E-state index is 12.2. The lowest BCUT2D eigenvalue weighted by Gasteiger charge is -2.05. The van der Waals surface area contributed by atoms with Gasteiger partial charge < -0.3 is 9.72 Å². The lowest BCUT2D eigenvalue weighted by Crippen LogP contribution is -2.09. The predicted octanol–water partition coefficient (Wildman–Crippen LogP) is 2.65. The minimum atomic E-state index is -0.713. The van der Waals surface area contributed by atoms with Gasteiger partial charge in [-0.2, -0.15) is 0 Å². The molecule has 3 aromatic rings. The number of nitro groups is 1. The fraction of sp³-hybridized carbons (Fsp3) is 0.133. The highest BCUT2D eigenvalue weighted by atomic mass is 32.1. The summed E-state index contributed by atoms with van der Waals surface area (Å²) < 4.78 is 4.61. The lowest BCUT2D eigenvalue weighted by atomic mass is 10.1. The monoisotopic (exact) mass is 345 g/mol. The fourth-order valence-electron chi connectivity index (χ4n) is 2.28. The number of methoxy groups -OCH3 is 1. The zero-order chi connectivity index (χ0) is 17.4. The maximum Gasteiger partial charge on any atom is 0.338 e. The van der Waals surface area contributed by atoms with Gasteiger partial charge in [-0.15, -0.1) is 11.3 Å². The summed E-state index contributed by atoms with van der Waals surface area (Å²) in [6, 6.07) is 5.48. The summed E-state index contributed by atoms with van der Waals surface area (Å²) in [5.74, 6) is -0.557. The number of carbonyl (C=O) groups is 1. The van der Waals surface area contributed by atoms with E-state index in [4.69, 9.17) is 0 Å². The van der Waals surface area contributed by atoms with Crippen molar-refractivity contribution in [2.24, 2.45) is 0 Å². The largest absolute Gasteiger partial charge is 0.465 e. The molecule has 0 aliphatic heterocycles. The molecule has 0 aliphatic rings. The van der Waals surface area contributed by atoms with E-state index in [1.165, 1.54) is 30.6 Å². The molecule has 1 N–H and O–H groups in total. The van der Waals surface area contributed by atoms with E-state index in [2.05, 4.69) is 14.7 Å². The molecule has 1 aromatic carbocycles. The number of nitrogens with zero attached hydrogens (tertiary/aromatic N) is 2. The quantitative estimate of drug-likeness (QED) is 0.443. The third-order valence-electron chi connectivity index (χ3n) is 3.35. The first kappa shape index (κ1) is 15.8. The van der Waals surface area contributed by atoms with Crippen LogP contribution in [-0.4, -0.2) is 28.0 Å². The van der Waals surface area contributed by atoms with Gasteiger partial charge in [-0.25, -0.2) is 9.78 Å². The van der Waals surface area contributed by atoms with Gasteiger partial charge >= 0.3 is 5.97 Å². The van der Waals surface area contributed by atoms with E-state index in [9.17, 15) is 19.7 Å². The predicted molar refractivity (Wildman–Crippen MR) is 88.4 cm³/mol. The Hall–Kier alpha value is -3.07. The molecular formula is C15H11N3O5S. The van der Waals surface area contributed by atoms with Crippen molar-refractivity contribution in [2.75, 3.05) is 7.11 Å². The zero-order valence-electron chi connectivity index (χ0n) is 12.7. The number of aromatic nitrogens is 2. The number of hydrogen-bond acceptors (Lipinski definition) is 7. The van der Waals surface area contributed by atoms with Crippen molar-refractivity contribution in [3.63, 3.8) is 0 Å². The molecule has 0 spiro atoms. The van der Waals surface area contributed by atoms with Crippen molar-refractivity contribution in [1.82, 2.24) is 9.97 Å². The van der Waals surface area contributed by atoms with E-state index in [0.29, 0.717) is 10.2 Å². The summed E-state index contributed by atoms with van der Waals surface area (Å²) in [5.41, 5.74) is -0.370. The van der Waals surface area contributed by atoms with Crippen LogP contribution >= 0.6 is 11.3 Å². The van der Waals surface area contributed by atoms with Crippen LogP contribution in [0.15, 0.2) is 29.1 Å². The number of non-ortho nitro benzene ring substituents is 1. The van der Waals surface area contributed by atoms with Gasteiger partial charge in [0.2, 0.25) is 0 Å². The number of hydrogen-bond donors (Lipinski definition) is 1. The summed E-state index contributed by atoms with van der Waals surface area (Å²) >= 11 is 1.34. The lowest BCUT2D eigenvalue weighted by molar-refractivity contribution is -0.384. The first-order chi connectivity index (χ1) is 11.4. The van der Waals surface area contributed by atoms with E-state index in [1.54, 1.807) is 6.07 Å². The minimum Gasteiger partial charge on any atom is -0.465 e. The van der Waals surface area contributed by atoms with E-state index in [1.807, 2.05) is 6.92 Å². The standard InChI is InChI=1S/C15H11N3O5S/c1-7-3-11-13(19)16-12(17-14(11)24-7)8-4-9(15(20)23-2)6-10(5-8)18(21)22/h3-6H,1-2H3,(H,16,17,19). The van der Waals surface area contributed by atoms with Gasteiger partial charge in [-0.3, -0.25) is 14.9 Å². The van der Waals surface area contributed by atoms with E-state index in [-0.39, 0.29) is 28.2 Å². The van der Waals surface area contributed by atoms with E-state index < -0.39 is 10.9 Å². The number of ether oxygens (including phenoxy) is 1. The molecule has 2 heterocycles. The van der Waals surface area contributed by atoms with Gasteiger partial charge in [0.05, 0.1) is 23.0 Å². The Morgan fingerprint density at radius 3 is 2.75 bits per heavy atom. The first-order valence-corrected chi connectivity index (χ1v) is 7.59. The van der Waals surface area contributed by atoms with Crippen LogP contribution < -0.4 is 5.56 Å². The first-order valence-electron chi connectivity index (χ1n) is 6.77. The molecular weight excluding hydrogens is 334 g/mol. The number of fused-ring (bicyclic) bond motifs is 1. The van der Waals surface area contributed by atoms with Gasteiger partial charge in [0, 0.05) is 22.6 Å². The van der Waals surface area contributed by atoms with Crippen LogP contribution in [0.2, 0.25) is 0 Å². The summed E-state index contributed by atoms with van der Waals surface area (Å²) in [7, 11) is 1.18. The van der Waals surface area contributed by atoms with Crippen molar-refractivity contribution in [1.29, 1.82) is 0 Å². The number of aromatic amines is 1. The van der Waals surface area contributed by atoms with Crippen molar-refractivity contribution >= 4 is 33.2 Å². The molecule has 0 saturated carbocycles. The van der Waals surface area contributed by atoms with Crippen LogP contribution in [0.1, 0.15) is 15.2 Å². The van der Waals surface area contributed by atoms with Gasteiger partial charge in [0.1, 0.15) is 10.7 Å². The average Bonchev–Trinajstić information content (AvgIpc) is 2.94. The molecule has 8 nitrogen and oxygen atoms in total. The Labute approximate surface area is 138 Å². The molecule has 0 aliphatic carbocycles. The molecule has 122 valence electrons. The number of aryl methyl sites for hydroxylation is 1. The van der Waals surface area contributed by atoms with Gasteiger partial charge in [-0.1, -0.05) is 0 Å². The average molecular weight is 345 g/mol. The second-order valence-corrected chi connectivity index (χ2v) is 6.24. The molecule has 0 saturated heterocycles. The summed E-state index contributed by atoms with van der Waals surface area (Å²) in [4.78, 5) is 42.7. The van der Waals surface area contributed by atoms with Crippen molar-refractivity contribution < 1.29 is 14.5 Å². The SMILES string of the molecule is COC(=O)c1cc(-c2nc3sc(C)cc3c(=O)[nH]2)cc([N+](=O)[O-])c1. The molecule has 0 amide bonds. The number of carbonyl (C=O) groups excluding carboxylic acids is 1. The second kappa shape index (κ2) is 5.85. The molecule has 3 rings (SSSR count). The van der Waals surface area contributed by atoms with Gasteiger partial charge in [0.15, 0.2) is 0 Å². The highest BCUT2D eigenvalue weighted by Gasteiger charge is 2.17. The molecule has 9 heteroatoms. The summed E-state index contributed by atoms with van der Waals surface area (Å²) in [6.45, 7) is 1.86. The summed E-state index contributed by atoms with van der Waals surface area (Å²) in [6.07, 6.45) is 0. The van der Waals surface area contributed by atoms with Gasteiger partial charge in [0.25, 0.3) is 11.2 Å². The number of thiophene rings is 1. The van der Waals surface area contributed by atoms with Gasteiger partial charge in [-0.05, 0) is 19.1 Å². The van der Waals surface area contributed by atoms with Crippen LogP contribution in [0.3, 0.4) is 0 Å². The number of benzene rings is 1. The van der Waals surface area contributed by atoms with Crippen molar-refractivity contribution in [2.45, 2.75) is 6.92 Å². The highest BCUT2D eigenvalue weighted by Crippen LogP contribution is 2.26. The molecule has 0 bridgehead atoms. The Kier molecular flexibility index (Phi) is 3.86. The molecule has 0 unspecified atom stereocenters. The third kappa shape index (κ3) is 2.76. The third-order valence-corrected chi connectivity index (χ3v) is 4.29. The smallest absolute Gasteiger partial charge is 0.338 e. The Morgan fingerprint density at radius 1 is 1.33 bits per heavy atom. The number of rotatable bonds is 3. The zero-order valence-corrected chi connectivity index (χ0v) is 13.5. The molecule has 0 atom stereocenters. The van der Waals surface area contributed by atoms with Crippen LogP contribution in [0, 0.1) is 17.0 Å². The Bertz CT molecular complexity index is 1040. The number of esters is 1. The van der Waals surface area contributed by atoms with E-state index in [0.717, 1.165) is 10.9 Å². The molecule has 0 fully saturated rings. The second-order valence-electron chi connectivity index (χ2n) is 5.01. The van der Waals surface area contributed by atoms with Crippen LogP contribution in [0.4, 0.5) is 5.69 Å². The number of nitro benzene ring substituents is 1. The van der Waals surface area contributed by atoms with E-state index >= 15 is 0 Å². The minimum absolute atomic E-state index is 0.00630. The van der Waals surface area contributed by atoms with Crippen molar-refractivity contribution in [3.8, 4) is 11.4 Å². The van der Waals surface area contributed by atoms with Crippen LogP contribution in [0.5, 0.6) is 0 Å². The normalized spacial score (nSPS) is 10.8.